The Hall–Kier alpha value is -1.16. The first-order valence-electron chi connectivity index (χ1n) is 5.81. The van der Waals surface area contributed by atoms with Crippen molar-refractivity contribution in [1.82, 2.24) is 10.2 Å². The Morgan fingerprint density at radius 2 is 2.29 bits per heavy atom. The SMILES string of the molecule is N#CCN1CC(CC(=O)O)CC(NCCO)C1. The molecule has 1 aliphatic heterocycles. The average molecular weight is 241 g/mol. The van der Waals surface area contributed by atoms with Crippen LogP contribution in [-0.2, 0) is 4.79 Å². The number of carboxylic acids is 1. The van der Waals surface area contributed by atoms with Crippen molar-refractivity contribution in [2.24, 2.45) is 5.92 Å². The van der Waals surface area contributed by atoms with Gasteiger partial charge in [0.15, 0.2) is 0 Å². The maximum Gasteiger partial charge on any atom is 0.303 e. The number of nitriles is 1. The van der Waals surface area contributed by atoms with Crippen molar-refractivity contribution in [2.75, 3.05) is 32.8 Å². The molecular weight excluding hydrogens is 222 g/mol. The molecule has 2 unspecified atom stereocenters. The van der Waals surface area contributed by atoms with Gasteiger partial charge in [-0.25, -0.2) is 0 Å². The zero-order chi connectivity index (χ0) is 12.7. The predicted molar refractivity (Wildman–Crippen MR) is 61.3 cm³/mol. The van der Waals surface area contributed by atoms with Crippen molar-refractivity contribution in [3.05, 3.63) is 0 Å². The van der Waals surface area contributed by atoms with Gasteiger partial charge in [0.05, 0.1) is 19.2 Å². The number of likely N-dealkylation sites (tertiary alicyclic amines) is 1. The summed E-state index contributed by atoms with van der Waals surface area (Å²) >= 11 is 0. The van der Waals surface area contributed by atoms with Crippen molar-refractivity contribution in [3.8, 4) is 6.07 Å². The topological polar surface area (TPSA) is 96.6 Å². The van der Waals surface area contributed by atoms with Crippen LogP contribution in [0.15, 0.2) is 0 Å². The Morgan fingerprint density at radius 1 is 1.53 bits per heavy atom. The largest absolute Gasteiger partial charge is 0.481 e. The molecule has 0 bridgehead atoms. The number of carbonyl (C=O) groups is 1. The smallest absolute Gasteiger partial charge is 0.303 e. The van der Waals surface area contributed by atoms with E-state index in [2.05, 4.69) is 11.4 Å². The molecule has 0 aromatic carbocycles. The van der Waals surface area contributed by atoms with E-state index in [0.29, 0.717) is 19.6 Å². The molecule has 0 radical (unpaired) electrons. The third-order valence-electron chi connectivity index (χ3n) is 2.92. The minimum absolute atomic E-state index is 0.0678. The van der Waals surface area contributed by atoms with Gasteiger partial charge >= 0.3 is 5.97 Å². The van der Waals surface area contributed by atoms with Crippen LogP contribution >= 0.6 is 0 Å². The van der Waals surface area contributed by atoms with Gasteiger partial charge in [0.25, 0.3) is 0 Å². The Bertz CT molecular complexity index is 290. The summed E-state index contributed by atoms with van der Waals surface area (Å²) in [6, 6.07) is 2.25. The van der Waals surface area contributed by atoms with Gasteiger partial charge in [0.1, 0.15) is 0 Å². The summed E-state index contributed by atoms with van der Waals surface area (Å²) in [4.78, 5) is 12.7. The molecule has 1 rings (SSSR count). The second-order valence-corrected chi connectivity index (χ2v) is 4.43. The van der Waals surface area contributed by atoms with E-state index < -0.39 is 5.97 Å². The van der Waals surface area contributed by atoms with Crippen LogP contribution in [-0.4, -0.2) is 59.9 Å². The fraction of sp³-hybridized carbons (Fsp3) is 0.818. The third kappa shape index (κ3) is 5.13. The molecule has 1 saturated heterocycles. The highest BCUT2D eigenvalue weighted by atomic mass is 16.4. The zero-order valence-electron chi connectivity index (χ0n) is 9.80. The molecule has 6 nitrogen and oxygen atoms in total. The first-order valence-corrected chi connectivity index (χ1v) is 5.81. The van der Waals surface area contributed by atoms with E-state index in [9.17, 15) is 4.79 Å². The van der Waals surface area contributed by atoms with Crippen LogP contribution in [0.3, 0.4) is 0 Å². The van der Waals surface area contributed by atoms with Crippen LogP contribution in [0.5, 0.6) is 0 Å². The van der Waals surface area contributed by atoms with Crippen molar-refractivity contribution < 1.29 is 15.0 Å². The lowest BCUT2D eigenvalue weighted by molar-refractivity contribution is -0.138. The molecular formula is C11H19N3O3. The van der Waals surface area contributed by atoms with E-state index in [1.54, 1.807) is 0 Å². The normalized spacial score (nSPS) is 25.4. The molecule has 0 aliphatic carbocycles. The molecule has 96 valence electrons. The van der Waals surface area contributed by atoms with Gasteiger partial charge in [0, 0.05) is 32.1 Å². The second kappa shape index (κ2) is 7.22. The molecule has 0 aromatic rings. The summed E-state index contributed by atoms with van der Waals surface area (Å²) in [5, 5.41) is 29.4. The summed E-state index contributed by atoms with van der Waals surface area (Å²) in [7, 11) is 0. The highest BCUT2D eigenvalue weighted by molar-refractivity contribution is 5.67. The highest BCUT2D eigenvalue weighted by Gasteiger charge is 2.27. The van der Waals surface area contributed by atoms with Crippen LogP contribution in [0.1, 0.15) is 12.8 Å². The monoisotopic (exact) mass is 241 g/mol. The van der Waals surface area contributed by atoms with Gasteiger partial charge < -0.3 is 15.5 Å². The number of carboxylic acid groups (broad SMARTS) is 1. The average Bonchev–Trinajstić information content (AvgIpc) is 2.25. The number of piperidine rings is 1. The lowest BCUT2D eigenvalue weighted by atomic mass is 9.91. The Labute approximate surface area is 101 Å². The summed E-state index contributed by atoms with van der Waals surface area (Å²) in [6.45, 7) is 2.30. The van der Waals surface area contributed by atoms with Gasteiger partial charge in [0.2, 0.25) is 0 Å². The summed E-state index contributed by atoms with van der Waals surface area (Å²) in [5.74, 6) is -0.722. The zero-order valence-corrected chi connectivity index (χ0v) is 9.80. The van der Waals surface area contributed by atoms with Crippen LogP contribution in [0, 0.1) is 17.2 Å². The second-order valence-electron chi connectivity index (χ2n) is 4.43. The van der Waals surface area contributed by atoms with E-state index in [4.69, 9.17) is 15.5 Å². The lowest BCUT2D eigenvalue weighted by Crippen LogP contribution is -2.50. The number of aliphatic carboxylic acids is 1. The quantitative estimate of drug-likeness (QED) is 0.530. The van der Waals surface area contributed by atoms with Crippen molar-refractivity contribution >= 4 is 5.97 Å². The molecule has 0 aromatic heterocycles. The number of aliphatic hydroxyl groups excluding tert-OH is 1. The maximum absolute atomic E-state index is 10.7. The number of aliphatic hydroxyl groups is 1. The Kier molecular flexibility index (Phi) is 5.91. The Morgan fingerprint density at radius 3 is 2.88 bits per heavy atom. The minimum Gasteiger partial charge on any atom is -0.481 e. The molecule has 0 amide bonds. The molecule has 1 aliphatic rings. The van der Waals surface area contributed by atoms with Crippen molar-refractivity contribution in [3.63, 3.8) is 0 Å². The number of rotatable bonds is 6. The summed E-state index contributed by atoms with van der Waals surface area (Å²) in [5.41, 5.74) is 0. The van der Waals surface area contributed by atoms with E-state index >= 15 is 0 Å². The number of nitrogens with zero attached hydrogens (tertiary/aromatic N) is 2. The number of hydrogen-bond donors (Lipinski definition) is 3. The summed E-state index contributed by atoms with van der Waals surface area (Å²) in [6.07, 6.45) is 0.924. The molecule has 6 heteroatoms. The van der Waals surface area contributed by atoms with Crippen molar-refractivity contribution in [2.45, 2.75) is 18.9 Å². The molecule has 2 atom stereocenters. The summed E-state index contributed by atoms with van der Waals surface area (Å²) < 4.78 is 0. The van der Waals surface area contributed by atoms with Gasteiger partial charge in [-0.3, -0.25) is 9.69 Å². The predicted octanol–water partition coefficient (Wildman–Crippen LogP) is -0.743. The van der Waals surface area contributed by atoms with E-state index in [1.807, 2.05) is 4.90 Å². The first-order chi connectivity index (χ1) is 8.15. The maximum atomic E-state index is 10.7. The molecule has 0 spiro atoms. The fourth-order valence-corrected chi connectivity index (χ4v) is 2.34. The van der Waals surface area contributed by atoms with Gasteiger partial charge in [-0.2, -0.15) is 5.26 Å². The van der Waals surface area contributed by atoms with Gasteiger partial charge in [-0.1, -0.05) is 0 Å². The first kappa shape index (κ1) is 13.9. The van der Waals surface area contributed by atoms with E-state index in [1.165, 1.54) is 0 Å². The molecule has 1 heterocycles. The number of hydrogen-bond acceptors (Lipinski definition) is 5. The fourth-order valence-electron chi connectivity index (χ4n) is 2.34. The molecule has 17 heavy (non-hydrogen) atoms. The van der Waals surface area contributed by atoms with Gasteiger partial charge in [-0.05, 0) is 12.3 Å². The van der Waals surface area contributed by atoms with Crippen molar-refractivity contribution in [1.29, 1.82) is 5.26 Å². The lowest BCUT2D eigenvalue weighted by Gasteiger charge is -2.36. The van der Waals surface area contributed by atoms with Gasteiger partial charge in [-0.15, -0.1) is 0 Å². The highest BCUT2D eigenvalue weighted by Crippen LogP contribution is 2.19. The molecule has 0 saturated carbocycles. The van der Waals surface area contributed by atoms with Crippen LogP contribution in [0.2, 0.25) is 0 Å². The van der Waals surface area contributed by atoms with E-state index in [-0.39, 0.29) is 25.0 Å². The molecule has 1 fully saturated rings. The number of nitrogens with one attached hydrogen (secondary N) is 1. The van der Waals surface area contributed by atoms with E-state index in [0.717, 1.165) is 13.0 Å². The minimum atomic E-state index is -0.797. The Balaban J connectivity index is 2.49. The third-order valence-corrected chi connectivity index (χ3v) is 2.92. The standard InChI is InChI=1S/C11H19N3O3/c12-1-3-14-7-9(6-11(16)17)5-10(8-14)13-2-4-15/h9-10,13,15H,2-8H2,(H,16,17). The van der Waals surface area contributed by atoms with Crippen LogP contribution < -0.4 is 5.32 Å². The van der Waals surface area contributed by atoms with Crippen LogP contribution in [0.25, 0.3) is 0 Å². The molecule has 3 N–H and O–H groups in total. The van der Waals surface area contributed by atoms with Crippen LogP contribution in [0.4, 0.5) is 0 Å².